The van der Waals surface area contributed by atoms with Gasteiger partial charge in [-0.15, -0.1) is 21.8 Å². The van der Waals surface area contributed by atoms with Crippen LogP contribution in [0.4, 0.5) is 4.39 Å². The topological polar surface area (TPSA) is 38.9 Å². The van der Waals surface area contributed by atoms with Gasteiger partial charge in [0.25, 0.3) is 0 Å². The fourth-order valence-corrected chi connectivity index (χ4v) is 2.27. The lowest BCUT2D eigenvalue weighted by Gasteiger charge is -2.04. The fraction of sp³-hybridized carbons (Fsp3) is 0.125. The molecule has 0 spiro atoms. The van der Waals surface area contributed by atoms with E-state index in [1.807, 2.05) is 37.3 Å². The number of benzene rings is 2. The largest absolute Gasteiger partial charge is 0.419 e. The number of halogens is 2. The van der Waals surface area contributed by atoms with E-state index in [1.54, 1.807) is 6.07 Å². The third kappa shape index (κ3) is 2.81. The van der Waals surface area contributed by atoms with E-state index in [1.165, 1.54) is 12.1 Å². The third-order valence-electron chi connectivity index (χ3n) is 3.18. The van der Waals surface area contributed by atoms with Crippen molar-refractivity contribution in [1.29, 1.82) is 0 Å². The summed E-state index contributed by atoms with van der Waals surface area (Å²) in [6.07, 6.45) is 0. The Kier molecular flexibility index (Phi) is 3.71. The smallest absolute Gasteiger partial charge is 0.248 e. The predicted molar refractivity (Wildman–Crippen MR) is 78.6 cm³/mol. The number of hydrogen-bond acceptors (Lipinski definition) is 3. The highest BCUT2D eigenvalue weighted by Crippen LogP contribution is 2.30. The second-order valence-electron chi connectivity index (χ2n) is 4.68. The number of alkyl halides is 1. The van der Waals surface area contributed by atoms with E-state index in [-0.39, 0.29) is 11.7 Å². The van der Waals surface area contributed by atoms with Gasteiger partial charge in [0.05, 0.1) is 0 Å². The van der Waals surface area contributed by atoms with Gasteiger partial charge in [-0.3, -0.25) is 0 Å². The van der Waals surface area contributed by atoms with Crippen LogP contribution in [-0.2, 0) is 0 Å². The van der Waals surface area contributed by atoms with Gasteiger partial charge in [0, 0.05) is 5.56 Å². The molecule has 0 fully saturated rings. The molecule has 0 saturated heterocycles. The quantitative estimate of drug-likeness (QED) is 0.668. The van der Waals surface area contributed by atoms with E-state index in [2.05, 4.69) is 10.2 Å². The zero-order valence-corrected chi connectivity index (χ0v) is 12.0. The number of nitrogens with zero attached hydrogens (tertiary/aromatic N) is 2. The van der Waals surface area contributed by atoms with Crippen LogP contribution in [0.15, 0.2) is 52.9 Å². The van der Waals surface area contributed by atoms with Crippen LogP contribution in [-0.4, -0.2) is 10.2 Å². The van der Waals surface area contributed by atoms with Gasteiger partial charge in [-0.25, -0.2) is 4.39 Å². The molecular formula is C16H12ClFN2O. The van der Waals surface area contributed by atoms with Crippen LogP contribution in [0.5, 0.6) is 0 Å². The highest BCUT2D eigenvalue weighted by atomic mass is 35.5. The summed E-state index contributed by atoms with van der Waals surface area (Å²) in [6.45, 7) is 1.86. The van der Waals surface area contributed by atoms with Crippen molar-refractivity contribution in [2.24, 2.45) is 0 Å². The molecule has 0 N–H and O–H groups in total. The molecule has 3 aromatic rings. The Morgan fingerprint density at radius 2 is 1.86 bits per heavy atom. The van der Waals surface area contributed by atoms with Gasteiger partial charge >= 0.3 is 0 Å². The highest BCUT2D eigenvalue weighted by Gasteiger charge is 2.19. The van der Waals surface area contributed by atoms with Crippen LogP contribution >= 0.6 is 11.6 Å². The molecule has 1 atom stereocenters. The van der Waals surface area contributed by atoms with Gasteiger partial charge in [0.1, 0.15) is 11.2 Å². The van der Waals surface area contributed by atoms with E-state index < -0.39 is 5.38 Å². The first-order valence-corrected chi connectivity index (χ1v) is 6.88. The minimum Gasteiger partial charge on any atom is -0.419 e. The third-order valence-corrected chi connectivity index (χ3v) is 3.62. The van der Waals surface area contributed by atoms with E-state index in [0.29, 0.717) is 11.5 Å². The minimum absolute atomic E-state index is 0.267. The van der Waals surface area contributed by atoms with Crippen molar-refractivity contribution in [3.8, 4) is 11.5 Å². The van der Waals surface area contributed by atoms with Crippen LogP contribution in [0.25, 0.3) is 11.5 Å². The van der Waals surface area contributed by atoms with E-state index in [9.17, 15) is 4.39 Å². The van der Waals surface area contributed by atoms with Crippen molar-refractivity contribution in [3.05, 3.63) is 71.4 Å². The SMILES string of the molecule is Cc1ccc(F)cc1-c1nnc(C(Cl)c2ccccc2)o1. The first kappa shape index (κ1) is 13.8. The summed E-state index contributed by atoms with van der Waals surface area (Å²) >= 11 is 6.33. The molecule has 2 aromatic carbocycles. The van der Waals surface area contributed by atoms with Crippen molar-refractivity contribution in [3.63, 3.8) is 0 Å². The molecule has 1 unspecified atom stereocenters. The minimum atomic E-state index is -0.527. The average Bonchev–Trinajstić information content (AvgIpc) is 2.99. The van der Waals surface area contributed by atoms with Crippen molar-refractivity contribution in [2.45, 2.75) is 12.3 Å². The van der Waals surface area contributed by atoms with Crippen molar-refractivity contribution in [1.82, 2.24) is 10.2 Å². The average molecular weight is 303 g/mol. The van der Waals surface area contributed by atoms with Crippen LogP contribution in [0.3, 0.4) is 0 Å². The highest BCUT2D eigenvalue weighted by molar-refractivity contribution is 6.22. The van der Waals surface area contributed by atoms with Crippen LogP contribution < -0.4 is 0 Å². The van der Waals surface area contributed by atoms with Gasteiger partial charge in [-0.1, -0.05) is 36.4 Å². The second kappa shape index (κ2) is 5.66. The molecule has 1 heterocycles. The Labute approximate surface area is 126 Å². The lowest BCUT2D eigenvalue weighted by atomic mass is 10.1. The molecule has 0 bridgehead atoms. The Balaban J connectivity index is 1.95. The normalized spacial score (nSPS) is 12.3. The van der Waals surface area contributed by atoms with Crippen LogP contribution in [0.2, 0.25) is 0 Å². The predicted octanol–water partition coefficient (Wildman–Crippen LogP) is 4.51. The van der Waals surface area contributed by atoms with Gasteiger partial charge in [-0.2, -0.15) is 0 Å². The molecular weight excluding hydrogens is 291 g/mol. The Hall–Kier alpha value is -2.20. The lowest BCUT2D eigenvalue weighted by molar-refractivity contribution is 0.512. The number of hydrogen-bond donors (Lipinski definition) is 0. The van der Waals surface area contributed by atoms with Gasteiger partial charge < -0.3 is 4.42 Å². The maximum absolute atomic E-state index is 13.3. The molecule has 0 amide bonds. The van der Waals surface area contributed by atoms with Gasteiger partial charge in [0.2, 0.25) is 11.8 Å². The molecule has 0 radical (unpaired) electrons. The maximum atomic E-state index is 13.3. The summed E-state index contributed by atoms with van der Waals surface area (Å²) in [6, 6.07) is 13.9. The fourth-order valence-electron chi connectivity index (χ4n) is 2.04. The summed E-state index contributed by atoms with van der Waals surface area (Å²) in [5, 5.41) is 7.41. The molecule has 0 aliphatic carbocycles. The van der Waals surface area contributed by atoms with Gasteiger partial charge in [-0.05, 0) is 30.2 Å². The summed E-state index contributed by atoms with van der Waals surface area (Å²) in [4.78, 5) is 0. The lowest BCUT2D eigenvalue weighted by Crippen LogP contribution is -1.92. The zero-order chi connectivity index (χ0) is 14.8. The number of aryl methyl sites for hydroxylation is 1. The van der Waals surface area contributed by atoms with E-state index in [0.717, 1.165) is 11.1 Å². The molecule has 0 saturated carbocycles. The van der Waals surface area contributed by atoms with Crippen molar-refractivity contribution in [2.75, 3.05) is 0 Å². The Morgan fingerprint density at radius 1 is 1.10 bits per heavy atom. The molecule has 0 aliphatic heterocycles. The summed E-state index contributed by atoms with van der Waals surface area (Å²) < 4.78 is 18.9. The molecule has 1 aromatic heterocycles. The van der Waals surface area contributed by atoms with Crippen molar-refractivity contribution < 1.29 is 8.81 Å². The summed E-state index contributed by atoms with van der Waals surface area (Å²) in [5.41, 5.74) is 2.30. The van der Waals surface area contributed by atoms with Crippen LogP contribution in [0, 0.1) is 12.7 Å². The van der Waals surface area contributed by atoms with Crippen LogP contribution in [0.1, 0.15) is 22.4 Å². The second-order valence-corrected chi connectivity index (χ2v) is 5.11. The molecule has 0 aliphatic rings. The molecule has 5 heteroatoms. The van der Waals surface area contributed by atoms with Crippen molar-refractivity contribution >= 4 is 11.6 Å². The first-order valence-electron chi connectivity index (χ1n) is 6.44. The summed E-state index contributed by atoms with van der Waals surface area (Å²) in [5.74, 6) is 0.214. The monoisotopic (exact) mass is 302 g/mol. The molecule has 21 heavy (non-hydrogen) atoms. The Bertz CT molecular complexity index is 758. The van der Waals surface area contributed by atoms with E-state index in [4.69, 9.17) is 16.0 Å². The molecule has 3 nitrogen and oxygen atoms in total. The standard InChI is InChI=1S/C16H12ClFN2O/c1-10-7-8-12(18)9-13(10)15-19-20-16(21-15)14(17)11-5-3-2-4-6-11/h2-9,14H,1H3. The molecule has 106 valence electrons. The van der Waals surface area contributed by atoms with E-state index >= 15 is 0 Å². The first-order chi connectivity index (χ1) is 10.1. The summed E-state index contributed by atoms with van der Waals surface area (Å²) in [7, 11) is 0. The Morgan fingerprint density at radius 3 is 2.62 bits per heavy atom. The molecule has 3 rings (SSSR count). The maximum Gasteiger partial charge on any atom is 0.248 e. The number of rotatable bonds is 3. The number of aromatic nitrogens is 2. The van der Waals surface area contributed by atoms with Gasteiger partial charge in [0.15, 0.2) is 0 Å². The zero-order valence-electron chi connectivity index (χ0n) is 11.3.